The van der Waals surface area contributed by atoms with Crippen LogP contribution in [0.15, 0.2) is 255 Å². The molecule has 0 N–H and O–H groups in total. The maximum Gasteiger partial charge on any atom is 0.475 e. The summed E-state index contributed by atoms with van der Waals surface area (Å²) in [5.74, 6) is 0.0564. The summed E-state index contributed by atoms with van der Waals surface area (Å²) in [5.41, 5.74) is 7.28. The summed E-state index contributed by atoms with van der Waals surface area (Å²) in [6.07, 6.45) is -9.11. The number of rotatable bonds is 44. The van der Waals surface area contributed by atoms with Crippen LogP contribution in [0.3, 0.4) is 0 Å². The van der Waals surface area contributed by atoms with E-state index in [1.54, 1.807) is 14.2 Å². The summed E-state index contributed by atoms with van der Waals surface area (Å²) < 4.78 is 125. The third kappa shape index (κ3) is 23.2. The number of hydrogen-bond donors (Lipinski definition) is 0. The van der Waals surface area contributed by atoms with Crippen LogP contribution in [0.2, 0.25) is 0 Å². The number of ether oxygens (including phenoxy) is 13. The molecule has 0 spiro atoms. The lowest BCUT2D eigenvalue weighted by molar-refractivity contribution is -0.219. The maximum absolute atomic E-state index is 16.3. The van der Waals surface area contributed by atoms with Gasteiger partial charge >= 0.3 is 7.82 Å². The molecule has 103 heavy (non-hydrogen) atoms. The van der Waals surface area contributed by atoms with Crippen molar-refractivity contribution in [1.82, 2.24) is 0 Å². The largest absolute Gasteiger partial charge is 0.475 e. The van der Waals surface area contributed by atoms with Crippen molar-refractivity contribution in [2.24, 2.45) is 5.92 Å². The fraction of sp³-hybridized carbons (Fsp3) is 0.388. The highest BCUT2D eigenvalue weighted by Gasteiger charge is 2.51. The fourth-order valence-electron chi connectivity index (χ4n) is 12.9. The molecule has 9 aromatic rings. The van der Waals surface area contributed by atoms with Crippen molar-refractivity contribution in [3.63, 3.8) is 0 Å². The van der Waals surface area contributed by atoms with Gasteiger partial charge in [-0.15, -0.1) is 0 Å². The highest BCUT2D eigenvalue weighted by molar-refractivity contribution is 7.48. The average Bonchev–Trinajstić information content (AvgIpc) is 1.68. The van der Waals surface area contributed by atoms with Gasteiger partial charge in [0.2, 0.25) is 0 Å². The molecule has 0 aromatic heterocycles. The average molecular weight is 1420 g/mol. The summed E-state index contributed by atoms with van der Waals surface area (Å²) >= 11 is 0. The minimum Gasteiger partial charge on any atom is -0.376 e. The number of hydrogen-bond acceptors (Lipinski definition) is 17. The second kappa shape index (κ2) is 40.9. The van der Waals surface area contributed by atoms with E-state index in [0.717, 1.165) is 61.7 Å². The van der Waals surface area contributed by atoms with Crippen LogP contribution in [-0.2, 0) is 133 Å². The van der Waals surface area contributed by atoms with Gasteiger partial charge in [-0.3, -0.25) is 13.6 Å². The van der Waals surface area contributed by atoms with Crippen molar-refractivity contribution < 1.29 is 79.7 Å². The standard InChI is InChI=1S/C85H99O17P/c1-6-73-62(3)79(87-4)84(100-73)96-59-77(92-53-65-35-19-10-20-36-65)81(95-56-68-41-25-13-26-42-68)78(93-54-66-37-21-11-22-38-66)61-99-103(86,98-57-69-43-27-14-28-44-69)102-82-74(7-2)101-85(83(82)88-5)97-60-76(91-52-64-33-17-9-18-34-64)80(94-55-67-39-23-12-24-40-67)75(90-51-63-31-15-8-16-32-63)58-89-50-70-47-48-71-45-29-30-46-72(71)49-70/h8-49,62,73-85H,6-7,50-61H2,1-5H3/t62?,73-,74-,75?,76?,77?,78?,79+,80?,81?,82?,83+,84-,85-,103?/m1/s1. The van der Waals surface area contributed by atoms with Crippen LogP contribution in [0.1, 0.15) is 78.1 Å². The minimum atomic E-state index is -4.75. The number of benzene rings is 9. The number of methoxy groups -OCH3 is 2. The summed E-state index contributed by atoms with van der Waals surface area (Å²) in [5, 5.41) is 2.26. The lowest BCUT2D eigenvalue weighted by Crippen LogP contribution is -2.48. The van der Waals surface area contributed by atoms with E-state index in [4.69, 9.17) is 75.2 Å². The van der Waals surface area contributed by atoms with Gasteiger partial charge in [0, 0.05) is 20.1 Å². The van der Waals surface area contributed by atoms with E-state index in [1.807, 2.05) is 231 Å². The fourth-order valence-corrected chi connectivity index (χ4v) is 14.3. The molecule has 15 atom stereocenters. The molecule has 546 valence electrons. The lowest BCUT2D eigenvalue weighted by atomic mass is 9.99. The first-order valence-corrected chi connectivity index (χ1v) is 37.3. The van der Waals surface area contributed by atoms with E-state index in [9.17, 15) is 0 Å². The Morgan fingerprint density at radius 3 is 1.13 bits per heavy atom. The third-order valence-electron chi connectivity index (χ3n) is 18.7. The molecule has 0 amide bonds. The van der Waals surface area contributed by atoms with Crippen LogP contribution in [0.5, 0.6) is 0 Å². The Morgan fingerprint density at radius 1 is 0.350 bits per heavy atom. The first kappa shape index (κ1) is 76.9. The van der Waals surface area contributed by atoms with Gasteiger partial charge < -0.3 is 61.6 Å². The quantitative estimate of drug-likeness (QED) is 0.0331. The summed E-state index contributed by atoms with van der Waals surface area (Å²) in [7, 11) is -1.53. The highest BCUT2D eigenvalue weighted by Crippen LogP contribution is 2.54. The molecule has 0 aliphatic carbocycles. The van der Waals surface area contributed by atoms with Crippen LogP contribution in [0.4, 0.5) is 0 Å². The molecule has 2 saturated heterocycles. The number of phosphoric acid groups is 1. The van der Waals surface area contributed by atoms with Crippen molar-refractivity contribution in [2.45, 2.75) is 166 Å². The Balaban J connectivity index is 0.897. The van der Waals surface area contributed by atoms with Gasteiger partial charge in [-0.05, 0) is 74.2 Å². The Bertz CT molecular complexity index is 3850. The molecule has 9 unspecified atom stereocenters. The summed E-state index contributed by atoms with van der Waals surface area (Å²) in [4.78, 5) is 0. The second-order valence-corrected chi connectivity index (χ2v) is 27.6. The van der Waals surface area contributed by atoms with Gasteiger partial charge in [0.05, 0.1) is 91.5 Å². The SMILES string of the molecule is CC[C@H]1O[C@@H](OCC(OCc2ccccc2)C(OCc2ccccc2)C(COP(=O)(OCc2ccccc2)OC2[C@@H](CC)O[C@@H](OCC(OCc3ccccc3)C(OCc3ccccc3)C(COCc3ccc4ccccc4c3)OCc3ccccc3)[C@H]2OC)OCc2ccccc2)[C@@H](OC)C1C. The predicted molar refractivity (Wildman–Crippen MR) is 394 cm³/mol. The monoisotopic (exact) mass is 1420 g/mol. The molecule has 2 fully saturated rings. The molecule has 2 aliphatic heterocycles. The third-order valence-corrected chi connectivity index (χ3v) is 20.1. The Morgan fingerprint density at radius 2 is 0.709 bits per heavy atom. The molecule has 0 saturated carbocycles. The summed E-state index contributed by atoms with van der Waals surface area (Å²) in [6, 6.07) is 83.4. The second-order valence-electron chi connectivity index (χ2n) is 26.0. The normalized spacial score (nSPS) is 21.4. The van der Waals surface area contributed by atoms with Crippen LogP contribution >= 0.6 is 7.82 Å². The molecule has 2 aliphatic rings. The number of phosphoric ester groups is 1. The molecule has 0 radical (unpaired) electrons. The molecule has 11 rings (SSSR count). The van der Waals surface area contributed by atoms with E-state index in [-0.39, 0.29) is 90.8 Å². The van der Waals surface area contributed by atoms with Gasteiger partial charge in [-0.25, -0.2) is 4.57 Å². The van der Waals surface area contributed by atoms with E-state index in [1.165, 1.54) is 0 Å². The van der Waals surface area contributed by atoms with Crippen LogP contribution in [-0.4, -0.2) is 120 Å². The Kier molecular flexibility index (Phi) is 30.6. The lowest BCUT2D eigenvalue weighted by Gasteiger charge is -2.35. The number of fused-ring (bicyclic) bond motifs is 1. The maximum atomic E-state index is 16.3. The summed E-state index contributed by atoms with van der Waals surface area (Å²) in [6.45, 7) is 7.08. The van der Waals surface area contributed by atoms with Crippen molar-refractivity contribution in [1.29, 1.82) is 0 Å². The molecule has 9 aromatic carbocycles. The van der Waals surface area contributed by atoms with Crippen molar-refractivity contribution in [2.75, 3.05) is 40.6 Å². The minimum absolute atomic E-state index is 0.0163. The van der Waals surface area contributed by atoms with E-state index < -0.39 is 75.3 Å². The van der Waals surface area contributed by atoms with Gasteiger partial charge in [-0.1, -0.05) is 269 Å². The first-order chi connectivity index (χ1) is 50.6. The van der Waals surface area contributed by atoms with Gasteiger partial charge in [0.25, 0.3) is 0 Å². The zero-order chi connectivity index (χ0) is 71.3. The molecular weight excluding hydrogens is 1320 g/mol. The van der Waals surface area contributed by atoms with Crippen molar-refractivity contribution in [3.8, 4) is 0 Å². The van der Waals surface area contributed by atoms with E-state index in [2.05, 4.69) is 44.2 Å². The molecular formula is C85H99O17P. The van der Waals surface area contributed by atoms with Crippen LogP contribution in [0, 0.1) is 5.92 Å². The smallest absolute Gasteiger partial charge is 0.376 e. The van der Waals surface area contributed by atoms with Gasteiger partial charge in [-0.2, -0.15) is 0 Å². The van der Waals surface area contributed by atoms with Crippen molar-refractivity contribution in [3.05, 3.63) is 299 Å². The topological polar surface area (TPSA) is 165 Å². The van der Waals surface area contributed by atoms with Crippen molar-refractivity contribution >= 4 is 18.6 Å². The van der Waals surface area contributed by atoms with E-state index >= 15 is 4.57 Å². The van der Waals surface area contributed by atoms with E-state index in [0.29, 0.717) is 13.0 Å². The van der Waals surface area contributed by atoms with Gasteiger partial charge in [0.15, 0.2) is 12.6 Å². The molecule has 18 heteroatoms. The van der Waals surface area contributed by atoms with Crippen LogP contribution in [0.25, 0.3) is 10.8 Å². The molecule has 2 heterocycles. The van der Waals surface area contributed by atoms with Crippen LogP contribution < -0.4 is 0 Å². The Labute approximate surface area is 607 Å². The highest BCUT2D eigenvalue weighted by atomic mass is 31.2. The zero-order valence-corrected chi connectivity index (χ0v) is 60.5. The molecule has 0 bridgehead atoms. The predicted octanol–water partition coefficient (Wildman–Crippen LogP) is 16.6. The Hall–Kier alpha value is -7.17. The first-order valence-electron chi connectivity index (χ1n) is 35.8. The van der Waals surface area contributed by atoms with Gasteiger partial charge in [0.1, 0.15) is 54.9 Å². The zero-order valence-electron chi connectivity index (χ0n) is 59.6. The molecule has 17 nitrogen and oxygen atoms in total.